The summed E-state index contributed by atoms with van der Waals surface area (Å²) < 4.78 is 10.6. The van der Waals surface area contributed by atoms with Crippen LogP contribution in [0, 0.1) is 6.92 Å². The van der Waals surface area contributed by atoms with Crippen molar-refractivity contribution in [2.75, 3.05) is 43.2 Å². The minimum absolute atomic E-state index is 0.155. The van der Waals surface area contributed by atoms with Crippen LogP contribution in [-0.2, 0) is 0 Å². The molecule has 1 fully saturated rings. The Bertz CT molecular complexity index is 836. The lowest BCUT2D eigenvalue weighted by molar-refractivity contribution is 0.0954. The van der Waals surface area contributed by atoms with Crippen LogP contribution >= 0.6 is 0 Å². The van der Waals surface area contributed by atoms with Gasteiger partial charge in [-0.3, -0.25) is 4.79 Å². The van der Waals surface area contributed by atoms with Gasteiger partial charge in [0.1, 0.15) is 5.82 Å². The highest BCUT2D eigenvalue weighted by Gasteiger charge is 2.16. The molecule has 8 nitrogen and oxygen atoms in total. The number of nitrogens with one attached hydrogen (secondary N) is 2. The van der Waals surface area contributed by atoms with Crippen LogP contribution < -0.4 is 25.0 Å². The second kappa shape index (κ2) is 7.69. The van der Waals surface area contributed by atoms with Crippen LogP contribution in [0.4, 0.5) is 11.8 Å². The lowest BCUT2D eigenvalue weighted by Gasteiger charge is -2.17. The van der Waals surface area contributed by atoms with Gasteiger partial charge in [-0.15, -0.1) is 0 Å². The molecule has 0 spiro atoms. The number of carbonyl (C=O) groups is 1. The number of aryl methyl sites for hydroxylation is 1. The highest BCUT2D eigenvalue weighted by Crippen LogP contribution is 2.32. The van der Waals surface area contributed by atoms with E-state index in [4.69, 9.17) is 9.47 Å². The van der Waals surface area contributed by atoms with Gasteiger partial charge in [-0.1, -0.05) is 0 Å². The molecule has 3 heterocycles. The topological polar surface area (TPSA) is 88.6 Å². The third kappa shape index (κ3) is 4.05. The lowest BCUT2D eigenvalue weighted by Crippen LogP contribution is -2.29. The Hall–Kier alpha value is -3.03. The molecule has 4 rings (SSSR count). The number of rotatable bonds is 6. The number of amides is 1. The number of nitrogens with zero attached hydrogens (tertiary/aromatic N) is 3. The summed E-state index contributed by atoms with van der Waals surface area (Å²) in [7, 11) is 0. The van der Waals surface area contributed by atoms with Gasteiger partial charge in [0.05, 0.1) is 0 Å². The molecule has 1 aromatic heterocycles. The molecule has 0 aliphatic carbocycles. The lowest BCUT2D eigenvalue weighted by atomic mass is 10.2. The molecule has 0 radical (unpaired) electrons. The molecule has 2 aliphatic rings. The summed E-state index contributed by atoms with van der Waals surface area (Å²) in [5.74, 6) is 2.67. The number of anilines is 2. The largest absolute Gasteiger partial charge is 0.454 e. The van der Waals surface area contributed by atoms with E-state index < -0.39 is 0 Å². The molecular weight excluding hydrogens is 346 g/mol. The van der Waals surface area contributed by atoms with Crippen LogP contribution in [-0.4, -0.2) is 48.8 Å². The Labute approximate surface area is 157 Å². The third-order valence-electron chi connectivity index (χ3n) is 4.60. The van der Waals surface area contributed by atoms with Crippen molar-refractivity contribution in [3.8, 4) is 11.5 Å². The molecular formula is C19H23N5O3. The van der Waals surface area contributed by atoms with Gasteiger partial charge < -0.3 is 25.0 Å². The highest BCUT2D eigenvalue weighted by molar-refractivity contribution is 5.94. The molecule has 1 saturated heterocycles. The van der Waals surface area contributed by atoms with Crippen molar-refractivity contribution in [3.05, 3.63) is 35.5 Å². The van der Waals surface area contributed by atoms with Crippen LogP contribution in [0.3, 0.4) is 0 Å². The van der Waals surface area contributed by atoms with Crippen LogP contribution in [0.15, 0.2) is 24.3 Å². The molecule has 0 bridgehead atoms. The fourth-order valence-electron chi connectivity index (χ4n) is 3.23. The summed E-state index contributed by atoms with van der Waals surface area (Å²) in [6.45, 7) is 5.25. The average molecular weight is 369 g/mol. The number of fused-ring (bicyclic) bond motifs is 1. The van der Waals surface area contributed by atoms with Gasteiger partial charge in [-0.05, 0) is 38.0 Å². The Morgan fingerprint density at radius 3 is 2.78 bits per heavy atom. The minimum atomic E-state index is -0.155. The first kappa shape index (κ1) is 17.4. The third-order valence-corrected chi connectivity index (χ3v) is 4.60. The van der Waals surface area contributed by atoms with Crippen LogP contribution in [0.2, 0.25) is 0 Å². The van der Waals surface area contributed by atoms with Gasteiger partial charge in [-0.25, -0.2) is 4.98 Å². The molecule has 2 aliphatic heterocycles. The summed E-state index contributed by atoms with van der Waals surface area (Å²) in [5, 5.41) is 6.07. The second-order valence-electron chi connectivity index (χ2n) is 6.64. The maximum Gasteiger partial charge on any atom is 0.251 e. The van der Waals surface area contributed by atoms with Crippen LogP contribution in [0.1, 0.15) is 28.9 Å². The van der Waals surface area contributed by atoms with E-state index in [9.17, 15) is 4.79 Å². The molecule has 1 amide bonds. The van der Waals surface area contributed by atoms with Crippen molar-refractivity contribution in [1.29, 1.82) is 0 Å². The molecule has 1 aromatic carbocycles. The standard InChI is InChI=1S/C19H23N5O3/c1-13-10-17(24-8-2-3-9-24)23-19(22-13)21-7-6-20-18(25)14-4-5-15-16(11-14)27-12-26-15/h4-5,10-11H,2-3,6-9,12H2,1H3,(H,20,25)(H,21,22,23). The Balaban J connectivity index is 1.29. The van der Waals surface area contributed by atoms with Crippen LogP contribution in [0.5, 0.6) is 11.5 Å². The van der Waals surface area contributed by atoms with Crippen molar-refractivity contribution < 1.29 is 14.3 Å². The Morgan fingerprint density at radius 2 is 1.93 bits per heavy atom. The van der Waals surface area contributed by atoms with Gasteiger partial charge in [0.25, 0.3) is 5.91 Å². The maximum absolute atomic E-state index is 12.3. The zero-order valence-corrected chi connectivity index (χ0v) is 15.3. The van der Waals surface area contributed by atoms with E-state index in [0.717, 1.165) is 24.6 Å². The number of carbonyl (C=O) groups excluding carboxylic acids is 1. The monoisotopic (exact) mass is 369 g/mol. The van der Waals surface area contributed by atoms with Crippen molar-refractivity contribution in [2.45, 2.75) is 19.8 Å². The number of hydrogen-bond donors (Lipinski definition) is 2. The summed E-state index contributed by atoms with van der Waals surface area (Å²) in [4.78, 5) is 23.6. The summed E-state index contributed by atoms with van der Waals surface area (Å²) >= 11 is 0. The fraction of sp³-hybridized carbons (Fsp3) is 0.421. The Kier molecular flexibility index (Phi) is 4.95. The quantitative estimate of drug-likeness (QED) is 0.753. The number of ether oxygens (including phenoxy) is 2. The van der Waals surface area contributed by atoms with Gasteiger partial charge in [0.15, 0.2) is 11.5 Å². The first-order chi connectivity index (χ1) is 13.2. The molecule has 2 N–H and O–H groups in total. The number of benzene rings is 1. The smallest absolute Gasteiger partial charge is 0.251 e. The molecule has 0 atom stereocenters. The first-order valence-corrected chi connectivity index (χ1v) is 9.21. The zero-order valence-electron chi connectivity index (χ0n) is 15.3. The molecule has 0 saturated carbocycles. The van der Waals surface area contributed by atoms with E-state index in [2.05, 4.69) is 25.5 Å². The van der Waals surface area contributed by atoms with E-state index in [1.54, 1.807) is 18.2 Å². The van der Waals surface area contributed by atoms with Crippen molar-refractivity contribution >= 4 is 17.7 Å². The normalized spacial score (nSPS) is 15.1. The van der Waals surface area contributed by atoms with E-state index in [0.29, 0.717) is 36.1 Å². The van der Waals surface area contributed by atoms with E-state index >= 15 is 0 Å². The molecule has 0 unspecified atom stereocenters. The predicted molar refractivity (Wildman–Crippen MR) is 102 cm³/mol. The summed E-state index contributed by atoms with van der Waals surface area (Å²) in [5.41, 5.74) is 1.47. The molecule has 8 heteroatoms. The van der Waals surface area contributed by atoms with Crippen LogP contribution in [0.25, 0.3) is 0 Å². The molecule has 142 valence electrons. The van der Waals surface area contributed by atoms with Crippen molar-refractivity contribution in [2.24, 2.45) is 0 Å². The predicted octanol–water partition coefficient (Wildman–Crippen LogP) is 1.96. The maximum atomic E-state index is 12.3. The van der Waals surface area contributed by atoms with Gasteiger partial charge in [0, 0.05) is 43.5 Å². The number of aromatic nitrogens is 2. The zero-order chi connectivity index (χ0) is 18.6. The van der Waals surface area contributed by atoms with Gasteiger partial charge in [0.2, 0.25) is 12.7 Å². The first-order valence-electron chi connectivity index (χ1n) is 9.21. The van der Waals surface area contributed by atoms with Gasteiger partial charge >= 0.3 is 0 Å². The molecule has 27 heavy (non-hydrogen) atoms. The SMILES string of the molecule is Cc1cc(N2CCCC2)nc(NCCNC(=O)c2ccc3c(c2)OCO3)n1. The highest BCUT2D eigenvalue weighted by atomic mass is 16.7. The molecule has 2 aromatic rings. The van der Waals surface area contributed by atoms with E-state index in [-0.39, 0.29) is 12.7 Å². The van der Waals surface area contributed by atoms with E-state index in [1.807, 2.05) is 13.0 Å². The second-order valence-corrected chi connectivity index (χ2v) is 6.64. The minimum Gasteiger partial charge on any atom is -0.454 e. The van der Waals surface area contributed by atoms with Crippen molar-refractivity contribution in [3.63, 3.8) is 0 Å². The summed E-state index contributed by atoms with van der Waals surface area (Å²) in [6, 6.07) is 7.17. The number of hydrogen-bond acceptors (Lipinski definition) is 7. The van der Waals surface area contributed by atoms with Crippen molar-refractivity contribution in [1.82, 2.24) is 15.3 Å². The summed E-state index contributed by atoms with van der Waals surface area (Å²) in [6.07, 6.45) is 2.41. The van der Waals surface area contributed by atoms with E-state index in [1.165, 1.54) is 12.8 Å². The van der Waals surface area contributed by atoms with Gasteiger partial charge in [-0.2, -0.15) is 4.98 Å². The fourth-order valence-corrected chi connectivity index (χ4v) is 3.23. The Morgan fingerprint density at radius 1 is 1.11 bits per heavy atom. The average Bonchev–Trinajstić information content (AvgIpc) is 3.35.